The summed E-state index contributed by atoms with van der Waals surface area (Å²) >= 11 is 0. The third-order valence-electron chi connectivity index (χ3n) is 4.92. The van der Waals surface area contributed by atoms with Crippen molar-refractivity contribution in [2.24, 2.45) is 0 Å². The summed E-state index contributed by atoms with van der Waals surface area (Å²) in [5.74, 6) is -0.411. The van der Waals surface area contributed by atoms with Crippen molar-refractivity contribution in [1.29, 1.82) is 0 Å². The normalized spacial score (nSPS) is 10.9. The van der Waals surface area contributed by atoms with Crippen LogP contribution in [-0.4, -0.2) is 17.4 Å². The van der Waals surface area contributed by atoms with Gasteiger partial charge in [-0.2, -0.15) is 0 Å². The molecule has 0 saturated heterocycles. The number of halogens is 1. The van der Waals surface area contributed by atoms with Crippen LogP contribution in [0, 0.1) is 19.7 Å². The molecule has 5 heteroatoms. The second-order valence-corrected chi connectivity index (χ2v) is 6.79. The lowest BCUT2D eigenvalue weighted by Crippen LogP contribution is -2.27. The molecule has 3 rings (SSSR count). The van der Waals surface area contributed by atoms with E-state index in [2.05, 4.69) is 10.3 Å². The van der Waals surface area contributed by atoms with Crippen molar-refractivity contribution in [3.63, 3.8) is 0 Å². The molecule has 2 aromatic carbocycles. The molecule has 1 heterocycles. The lowest BCUT2D eigenvalue weighted by atomic mass is 10.0. The molecule has 0 aliphatic rings. The first-order chi connectivity index (χ1) is 13.0. The SMILES string of the molecule is Cc1ccc2cc(CCC(=O)NCCc3ccccc3F)c(=O)[nH]c2c1C. The minimum absolute atomic E-state index is 0.147. The third-order valence-corrected chi connectivity index (χ3v) is 4.92. The van der Waals surface area contributed by atoms with Crippen LogP contribution in [0.4, 0.5) is 4.39 Å². The Morgan fingerprint density at radius 1 is 1.07 bits per heavy atom. The Morgan fingerprint density at radius 2 is 1.85 bits per heavy atom. The molecule has 1 amide bonds. The summed E-state index contributed by atoms with van der Waals surface area (Å²) in [4.78, 5) is 27.3. The van der Waals surface area contributed by atoms with Gasteiger partial charge in [0.1, 0.15) is 5.82 Å². The highest BCUT2D eigenvalue weighted by atomic mass is 19.1. The highest BCUT2D eigenvalue weighted by Crippen LogP contribution is 2.19. The molecule has 0 bridgehead atoms. The van der Waals surface area contributed by atoms with Gasteiger partial charge in [0.2, 0.25) is 5.91 Å². The topological polar surface area (TPSA) is 62.0 Å². The van der Waals surface area contributed by atoms with E-state index in [0.29, 0.717) is 30.5 Å². The number of amides is 1. The maximum absolute atomic E-state index is 13.6. The Labute approximate surface area is 157 Å². The van der Waals surface area contributed by atoms with E-state index in [9.17, 15) is 14.0 Å². The maximum Gasteiger partial charge on any atom is 0.251 e. The van der Waals surface area contributed by atoms with E-state index in [1.165, 1.54) is 6.07 Å². The Hall–Kier alpha value is -2.95. The van der Waals surface area contributed by atoms with Gasteiger partial charge in [0, 0.05) is 18.5 Å². The molecular formula is C22H23FN2O2. The summed E-state index contributed by atoms with van der Waals surface area (Å²) in [5, 5.41) is 3.75. The van der Waals surface area contributed by atoms with Crippen LogP contribution in [0.25, 0.3) is 10.9 Å². The molecule has 0 saturated carbocycles. The zero-order valence-corrected chi connectivity index (χ0v) is 15.6. The van der Waals surface area contributed by atoms with Crippen LogP contribution in [0.1, 0.15) is 28.7 Å². The van der Waals surface area contributed by atoms with Gasteiger partial charge < -0.3 is 10.3 Å². The van der Waals surface area contributed by atoms with Crippen molar-refractivity contribution in [2.75, 3.05) is 6.54 Å². The summed E-state index contributed by atoms with van der Waals surface area (Å²) in [5.41, 5.74) is 4.04. The molecule has 1 aromatic heterocycles. The predicted octanol–water partition coefficient (Wildman–Crippen LogP) is 3.58. The molecular weight excluding hydrogens is 343 g/mol. The zero-order valence-electron chi connectivity index (χ0n) is 15.6. The van der Waals surface area contributed by atoms with E-state index in [1.807, 2.05) is 32.0 Å². The Kier molecular flexibility index (Phi) is 5.69. The Bertz CT molecular complexity index is 1040. The molecule has 0 aliphatic carbocycles. The minimum atomic E-state index is -0.264. The maximum atomic E-state index is 13.6. The highest BCUT2D eigenvalue weighted by molar-refractivity contribution is 5.83. The first kappa shape index (κ1) is 18.8. The van der Waals surface area contributed by atoms with Gasteiger partial charge in [-0.15, -0.1) is 0 Å². The van der Waals surface area contributed by atoms with Gasteiger partial charge in [0.05, 0.1) is 5.52 Å². The summed E-state index contributed by atoms with van der Waals surface area (Å²) in [6.45, 7) is 4.36. The number of pyridine rings is 1. The molecule has 0 aliphatic heterocycles. The van der Waals surface area contributed by atoms with E-state index in [0.717, 1.165) is 22.0 Å². The van der Waals surface area contributed by atoms with Crippen molar-refractivity contribution >= 4 is 16.8 Å². The molecule has 4 nitrogen and oxygen atoms in total. The monoisotopic (exact) mass is 366 g/mol. The fourth-order valence-corrected chi connectivity index (χ4v) is 3.13. The largest absolute Gasteiger partial charge is 0.356 e. The molecule has 27 heavy (non-hydrogen) atoms. The van der Waals surface area contributed by atoms with Gasteiger partial charge >= 0.3 is 0 Å². The van der Waals surface area contributed by atoms with E-state index >= 15 is 0 Å². The first-order valence-corrected chi connectivity index (χ1v) is 9.08. The Morgan fingerprint density at radius 3 is 2.63 bits per heavy atom. The van der Waals surface area contributed by atoms with Gasteiger partial charge in [0.15, 0.2) is 0 Å². The van der Waals surface area contributed by atoms with E-state index in [4.69, 9.17) is 0 Å². The quantitative estimate of drug-likeness (QED) is 0.700. The van der Waals surface area contributed by atoms with Crippen LogP contribution in [0.2, 0.25) is 0 Å². The summed E-state index contributed by atoms with van der Waals surface area (Å²) in [6.07, 6.45) is 1.02. The number of carbonyl (C=O) groups excluding carboxylic acids is 1. The second-order valence-electron chi connectivity index (χ2n) is 6.79. The number of nitrogens with one attached hydrogen (secondary N) is 2. The fraction of sp³-hybridized carbons (Fsp3) is 0.273. The molecule has 3 aromatic rings. The van der Waals surface area contributed by atoms with Crippen molar-refractivity contribution in [2.45, 2.75) is 33.1 Å². The van der Waals surface area contributed by atoms with Crippen LogP contribution >= 0.6 is 0 Å². The molecule has 0 spiro atoms. The highest BCUT2D eigenvalue weighted by Gasteiger charge is 2.09. The van der Waals surface area contributed by atoms with Gasteiger partial charge in [0.25, 0.3) is 5.56 Å². The predicted molar refractivity (Wildman–Crippen MR) is 105 cm³/mol. The standard InChI is InChI=1S/C22H23FN2O2/c1-14-7-8-17-13-18(22(27)25-21(17)15(14)2)9-10-20(26)24-12-11-16-5-3-4-6-19(16)23/h3-8,13H,9-12H2,1-2H3,(H,24,26)(H,25,27). The van der Waals surface area contributed by atoms with Crippen molar-refractivity contribution in [1.82, 2.24) is 10.3 Å². The summed E-state index contributed by atoms with van der Waals surface area (Å²) in [7, 11) is 0. The number of aromatic nitrogens is 1. The van der Waals surface area contributed by atoms with Crippen molar-refractivity contribution < 1.29 is 9.18 Å². The average Bonchev–Trinajstić information content (AvgIpc) is 2.65. The fourth-order valence-electron chi connectivity index (χ4n) is 3.13. The minimum Gasteiger partial charge on any atom is -0.356 e. The van der Waals surface area contributed by atoms with Crippen LogP contribution in [0.5, 0.6) is 0 Å². The molecule has 0 radical (unpaired) electrons. The van der Waals surface area contributed by atoms with E-state index < -0.39 is 0 Å². The zero-order chi connectivity index (χ0) is 19.4. The molecule has 0 atom stereocenters. The number of aryl methyl sites for hydroxylation is 3. The van der Waals surface area contributed by atoms with Crippen molar-refractivity contribution in [3.8, 4) is 0 Å². The van der Waals surface area contributed by atoms with E-state index in [1.54, 1.807) is 18.2 Å². The number of hydrogen-bond donors (Lipinski definition) is 2. The lowest BCUT2D eigenvalue weighted by molar-refractivity contribution is -0.121. The van der Waals surface area contributed by atoms with Crippen molar-refractivity contribution in [3.05, 3.63) is 80.9 Å². The molecule has 0 unspecified atom stereocenters. The van der Waals surface area contributed by atoms with Gasteiger partial charge in [-0.1, -0.05) is 30.3 Å². The first-order valence-electron chi connectivity index (χ1n) is 9.08. The van der Waals surface area contributed by atoms with Gasteiger partial charge in [-0.05, 0) is 60.9 Å². The third kappa shape index (κ3) is 4.42. The molecule has 2 N–H and O–H groups in total. The van der Waals surface area contributed by atoms with Crippen LogP contribution in [0.15, 0.2) is 47.3 Å². The molecule has 0 fully saturated rings. The number of hydrogen-bond acceptors (Lipinski definition) is 2. The Balaban J connectivity index is 1.59. The second kappa shape index (κ2) is 8.16. The van der Waals surface area contributed by atoms with Gasteiger partial charge in [-0.25, -0.2) is 4.39 Å². The number of carbonyl (C=O) groups is 1. The number of fused-ring (bicyclic) bond motifs is 1. The average molecular weight is 366 g/mol. The molecule has 140 valence electrons. The number of aromatic amines is 1. The number of benzene rings is 2. The van der Waals surface area contributed by atoms with Crippen LogP contribution in [0.3, 0.4) is 0 Å². The smallest absolute Gasteiger partial charge is 0.251 e. The van der Waals surface area contributed by atoms with Gasteiger partial charge in [-0.3, -0.25) is 9.59 Å². The number of H-pyrrole nitrogens is 1. The van der Waals surface area contributed by atoms with Crippen LogP contribution in [-0.2, 0) is 17.6 Å². The summed E-state index contributed by atoms with van der Waals surface area (Å²) in [6, 6.07) is 12.4. The lowest BCUT2D eigenvalue weighted by Gasteiger charge is -2.08. The number of rotatable bonds is 6. The summed E-state index contributed by atoms with van der Waals surface area (Å²) < 4.78 is 13.6. The van der Waals surface area contributed by atoms with E-state index in [-0.39, 0.29) is 23.7 Å². The van der Waals surface area contributed by atoms with Crippen LogP contribution < -0.4 is 10.9 Å².